The molecule has 2 aromatic rings. The zero-order valence-electron chi connectivity index (χ0n) is 17.5. The molecule has 0 bridgehead atoms. The molecule has 0 saturated carbocycles. The van der Waals surface area contributed by atoms with Crippen LogP contribution in [0.3, 0.4) is 0 Å². The molecule has 0 fully saturated rings. The van der Waals surface area contributed by atoms with E-state index in [0.717, 1.165) is 7.25 Å². The van der Waals surface area contributed by atoms with E-state index in [0.29, 0.717) is 0 Å². The number of rotatable bonds is 2. The van der Waals surface area contributed by atoms with Gasteiger partial charge < -0.3 is 5.11 Å². The van der Waals surface area contributed by atoms with Gasteiger partial charge in [-0.2, -0.15) is 0 Å². The number of hydrogen-bond donors (Lipinski definition) is 1. The minimum absolute atomic E-state index is 0. The van der Waals surface area contributed by atoms with Gasteiger partial charge in [0.2, 0.25) is 0 Å². The zero-order chi connectivity index (χ0) is 19.6. The molecule has 0 aliphatic heterocycles. The normalized spacial score (nSPS) is 18.6. The first kappa shape index (κ1) is 23.5. The van der Waals surface area contributed by atoms with E-state index < -0.39 is 20.4 Å². The fraction of sp³-hybridized carbons (Fsp3) is 0.333. The largest absolute Gasteiger partial charge is 0.397 e. The molecule has 0 radical (unpaired) electrons. The van der Waals surface area contributed by atoms with E-state index in [-0.39, 0.29) is 24.4 Å². The quantitative estimate of drug-likeness (QED) is 0.471. The number of aliphatic hydroxyl groups excluding tert-OH is 1. The molecule has 4 heteroatoms. The van der Waals surface area contributed by atoms with Crippen molar-refractivity contribution >= 4 is 30.0 Å². The Hall–Kier alpha value is -0.730. The SMILES string of the molecule is CC1=Cc2ccccc2[CH]1[Zr]([CH]1C(C)=Cc2ccccc21)=[Si](C)C.CCO.Cl. The summed E-state index contributed by atoms with van der Waals surface area (Å²) in [7, 11) is 0. The third-order valence-electron chi connectivity index (χ3n) is 5.49. The van der Waals surface area contributed by atoms with Crippen molar-refractivity contribution in [2.24, 2.45) is 0 Å². The average Bonchev–Trinajstić information content (AvgIpc) is 3.13. The van der Waals surface area contributed by atoms with Crippen LogP contribution in [0, 0.1) is 0 Å². The molecule has 0 spiro atoms. The van der Waals surface area contributed by atoms with Crippen molar-refractivity contribution in [1.29, 1.82) is 0 Å². The summed E-state index contributed by atoms with van der Waals surface area (Å²) in [6, 6.07) is 18.3. The van der Waals surface area contributed by atoms with E-state index in [2.05, 4.69) is 87.6 Å². The maximum absolute atomic E-state index is 7.57. The van der Waals surface area contributed by atoms with Crippen LogP contribution in [0.1, 0.15) is 50.3 Å². The van der Waals surface area contributed by atoms with Gasteiger partial charge in [-0.1, -0.05) is 0 Å². The van der Waals surface area contributed by atoms with Crippen molar-refractivity contribution < 1.29 is 25.5 Å². The summed E-state index contributed by atoms with van der Waals surface area (Å²) < 4.78 is 1.54. The van der Waals surface area contributed by atoms with Gasteiger partial charge in [0.15, 0.2) is 0 Å². The van der Waals surface area contributed by atoms with Crippen LogP contribution in [0.2, 0.25) is 13.1 Å². The second kappa shape index (κ2) is 10.3. The fourth-order valence-corrected chi connectivity index (χ4v) is 25.3. The number of hydrogen-bond acceptors (Lipinski definition) is 1. The van der Waals surface area contributed by atoms with Crippen LogP contribution in [-0.4, -0.2) is 17.1 Å². The van der Waals surface area contributed by atoms with E-state index in [9.17, 15) is 0 Å². The molecule has 1 nitrogen and oxygen atoms in total. The molecule has 2 atom stereocenters. The molecule has 4 rings (SSSR count). The van der Waals surface area contributed by atoms with Crippen molar-refractivity contribution in [1.82, 2.24) is 0 Å². The van der Waals surface area contributed by atoms with Gasteiger partial charge in [0.05, 0.1) is 0 Å². The minimum atomic E-state index is -1.76. The van der Waals surface area contributed by atoms with Crippen molar-refractivity contribution in [2.75, 3.05) is 6.61 Å². The molecular weight excluding hydrogens is 459 g/mol. The Morgan fingerprint density at radius 1 is 0.821 bits per heavy atom. The summed E-state index contributed by atoms with van der Waals surface area (Å²) >= 11 is -1.76. The first-order valence-electron chi connectivity index (χ1n) is 9.81. The number of benzene rings is 2. The molecule has 0 amide bonds. The van der Waals surface area contributed by atoms with E-state index >= 15 is 0 Å². The number of allylic oxidation sites excluding steroid dienone is 2. The van der Waals surface area contributed by atoms with Crippen LogP contribution >= 0.6 is 12.4 Å². The summed E-state index contributed by atoms with van der Waals surface area (Å²) in [5.74, 6) is 0. The van der Waals surface area contributed by atoms with Gasteiger partial charge in [-0.25, -0.2) is 0 Å². The summed E-state index contributed by atoms with van der Waals surface area (Å²) in [5.41, 5.74) is 9.22. The Labute approximate surface area is 184 Å². The van der Waals surface area contributed by atoms with E-state index in [4.69, 9.17) is 5.11 Å². The maximum Gasteiger partial charge on any atom is 0.0402 e. The van der Waals surface area contributed by atoms with Crippen LogP contribution in [-0.2, 0) is 20.4 Å². The Morgan fingerprint density at radius 2 is 1.18 bits per heavy atom. The van der Waals surface area contributed by atoms with Crippen LogP contribution in [0.5, 0.6) is 0 Å². The molecule has 2 unspecified atom stereocenters. The summed E-state index contributed by atoms with van der Waals surface area (Å²) in [5, 5.41) is 7.57. The number of aliphatic hydroxyl groups is 1. The van der Waals surface area contributed by atoms with Gasteiger partial charge in [-0.15, -0.1) is 12.4 Å². The molecule has 2 aromatic carbocycles. The maximum atomic E-state index is 7.57. The number of fused-ring (bicyclic) bond motifs is 2. The van der Waals surface area contributed by atoms with Gasteiger partial charge in [0.25, 0.3) is 0 Å². The second-order valence-corrected chi connectivity index (χ2v) is 25.5. The summed E-state index contributed by atoms with van der Waals surface area (Å²) in [4.78, 5) is 0. The van der Waals surface area contributed by atoms with Gasteiger partial charge in [0, 0.05) is 6.61 Å². The Balaban J connectivity index is 0.000000660. The monoisotopic (exact) mass is 488 g/mol. The number of halogens is 1. The molecule has 0 aromatic heterocycles. The molecule has 148 valence electrons. The first-order valence-corrected chi connectivity index (χ1v) is 18.8. The first-order chi connectivity index (χ1) is 13.0. The van der Waals surface area contributed by atoms with Gasteiger partial charge in [-0.3, -0.25) is 0 Å². The minimum Gasteiger partial charge on any atom is -0.397 e. The summed E-state index contributed by atoms with van der Waals surface area (Å²) in [6.07, 6.45) is 4.93. The van der Waals surface area contributed by atoms with E-state index in [1.807, 2.05) is 0 Å². The third-order valence-corrected chi connectivity index (χ3v) is 25.4. The molecule has 1 N–H and O–H groups in total. The Kier molecular flexibility index (Phi) is 8.70. The Morgan fingerprint density at radius 3 is 1.54 bits per heavy atom. The fourth-order valence-electron chi connectivity index (χ4n) is 4.53. The molecular formula is C24H31ClOSiZr. The zero-order valence-corrected chi connectivity index (χ0v) is 21.8. The third kappa shape index (κ3) is 4.54. The molecule has 2 aliphatic carbocycles. The van der Waals surface area contributed by atoms with Crippen molar-refractivity contribution in [3.63, 3.8) is 0 Å². The predicted molar refractivity (Wildman–Crippen MR) is 123 cm³/mol. The molecule has 0 saturated heterocycles. The van der Waals surface area contributed by atoms with E-state index in [1.54, 1.807) is 29.2 Å². The standard InChI is InChI=1S/2C10H9.C2H6O.C2H6Si.ClH.Zr/c2*1-8-6-9-4-2-3-5-10(9)7-8;1-2-3;1-3-2;;/h2*2-7H,1H3;3H,2H2,1H3;1-2H3;1H;. The molecule has 2 aliphatic rings. The van der Waals surface area contributed by atoms with Gasteiger partial charge in [0.1, 0.15) is 0 Å². The van der Waals surface area contributed by atoms with Gasteiger partial charge in [-0.05, 0) is 6.92 Å². The predicted octanol–water partition coefficient (Wildman–Crippen LogP) is 6.59. The van der Waals surface area contributed by atoms with Crippen molar-refractivity contribution in [3.8, 4) is 0 Å². The van der Waals surface area contributed by atoms with Crippen molar-refractivity contribution in [2.45, 2.75) is 41.1 Å². The smallest absolute Gasteiger partial charge is 0.0402 e. The Bertz CT molecular complexity index is 872. The topological polar surface area (TPSA) is 20.2 Å². The summed E-state index contributed by atoms with van der Waals surface area (Å²) in [6.45, 7) is 11.9. The van der Waals surface area contributed by atoms with Crippen LogP contribution in [0.15, 0.2) is 59.7 Å². The van der Waals surface area contributed by atoms with Gasteiger partial charge >= 0.3 is 154 Å². The van der Waals surface area contributed by atoms with Crippen LogP contribution < -0.4 is 0 Å². The molecule has 28 heavy (non-hydrogen) atoms. The molecule has 0 heterocycles. The van der Waals surface area contributed by atoms with Crippen LogP contribution in [0.25, 0.3) is 12.2 Å². The van der Waals surface area contributed by atoms with E-state index in [1.165, 1.54) is 11.1 Å². The average molecular weight is 490 g/mol. The second-order valence-electron chi connectivity index (χ2n) is 7.67. The van der Waals surface area contributed by atoms with Crippen LogP contribution in [0.4, 0.5) is 0 Å². The van der Waals surface area contributed by atoms with Crippen molar-refractivity contribution in [3.05, 3.63) is 81.9 Å².